The molecule has 1 saturated carbocycles. The van der Waals surface area contributed by atoms with Crippen LogP contribution in [0.25, 0.3) is 0 Å². The van der Waals surface area contributed by atoms with Crippen molar-refractivity contribution in [1.29, 1.82) is 0 Å². The molecule has 14 heavy (non-hydrogen) atoms. The molecule has 78 valence electrons. The molecule has 1 atom stereocenters. The molecule has 2 heteroatoms. The van der Waals surface area contributed by atoms with Gasteiger partial charge in [0.05, 0.1) is 0 Å². The predicted octanol–water partition coefficient (Wildman–Crippen LogP) is 3.14. The maximum Gasteiger partial charge on any atom is 0.0328 e. The van der Waals surface area contributed by atoms with Crippen LogP contribution in [0.1, 0.15) is 35.6 Å². The lowest BCUT2D eigenvalue weighted by atomic mass is 9.94. The highest BCUT2D eigenvalue weighted by Gasteiger charge is 2.30. The van der Waals surface area contributed by atoms with Gasteiger partial charge in [-0.1, -0.05) is 18.2 Å². The molecule has 2 rings (SSSR count). The largest absolute Gasteiger partial charge is 0.324 e. The Morgan fingerprint density at radius 1 is 1.21 bits per heavy atom. The van der Waals surface area contributed by atoms with Gasteiger partial charge in [0.1, 0.15) is 0 Å². The molecule has 0 heterocycles. The summed E-state index contributed by atoms with van der Waals surface area (Å²) in [5.74, 6) is 0.750. The molecule has 0 bridgehead atoms. The predicted molar refractivity (Wildman–Crippen MR) is 62.8 cm³/mol. The number of benzene rings is 1. The van der Waals surface area contributed by atoms with Crippen molar-refractivity contribution >= 4 is 12.4 Å². The van der Waals surface area contributed by atoms with Crippen molar-refractivity contribution in [3.05, 3.63) is 34.9 Å². The molecule has 0 amide bonds. The van der Waals surface area contributed by atoms with Gasteiger partial charge in [-0.25, -0.2) is 0 Å². The number of hydrogen-bond acceptors (Lipinski definition) is 1. The molecule has 1 aliphatic carbocycles. The first-order valence-electron chi connectivity index (χ1n) is 5.02. The van der Waals surface area contributed by atoms with Crippen molar-refractivity contribution in [2.24, 2.45) is 11.7 Å². The van der Waals surface area contributed by atoms with Gasteiger partial charge in [0, 0.05) is 6.04 Å². The SMILES string of the molecule is Cc1cccc(C)c1[C@H](N)C1CC1.Cl. The number of hydrogen-bond donors (Lipinski definition) is 1. The monoisotopic (exact) mass is 211 g/mol. The molecule has 1 aromatic rings. The van der Waals surface area contributed by atoms with Crippen LogP contribution in [-0.4, -0.2) is 0 Å². The fourth-order valence-corrected chi connectivity index (χ4v) is 2.04. The van der Waals surface area contributed by atoms with E-state index in [9.17, 15) is 0 Å². The smallest absolute Gasteiger partial charge is 0.0328 e. The van der Waals surface area contributed by atoms with Gasteiger partial charge in [0.15, 0.2) is 0 Å². The van der Waals surface area contributed by atoms with Gasteiger partial charge in [-0.15, -0.1) is 12.4 Å². The van der Waals surface area contributed by atoms with Crippen molar-refractivity contribution in [3.63, 3.8) is 0 Å². The fraction of sp³-hybridized carbons (Fsp3) is 0.500. The van der Waals surface area contributed by atoms with Gasteiger partial charge in [0.25, 0.3) is 0 Å². The van der Waals surface area contributed by atoms with E-state index in [1.165, 1.54) is 29.5 Å². The second kappa shape index (κ2) is 4.33. The normalized spacial score (nSPS) is 17.4. The summed E-state index contributed by atoms with van der Waals surface area (Å²) in [7, 11) is 0. The fourth-order valence-electron chi connectivity index (χ4n) is 2.04. The first-order valence-corrected chi connectivity index (χ1v) is 5.02. The summed E-state index contributed by atoms with van der Waals surface area (Å²) >= 11 is 0. The van der Waals surface area contributed by atoms with Gasteiger partial charge in [-0.2, -0.15) is 0 Å². The minimum Gasteiger partial charge on any atom is -0.324 e. The summed E-state index contributed by atoms with van der Waals surface area (Å²) in [5.41, 5.74) is 10.3. The molecule has 2 N–H and O–H groups in total. The number of aryl methyl sites for hydroxylation is 2. The topological polar surface area (TPSA) is 26.0 Å². The highest BCUT2D eigenvalue weighted by Crippen LogP contribution is 2.41. The molecule has 0 radical (unpaired) electrons. The van der Waals surface area contributed by atoms with Crippen molar-refractivity contribution < 1.29 is 0 Å². The molecule has 1 nitrogen and oxygen atoms in total. The zero-order chi connectivity index (χ0) is 9.42. The third-order valence-electron chi connectivity index (χ3n) is 3.01. The van der Waals surface area contributed by atoms with Crippen LogP contribution < -0.4 is 5.73 Å². The second-order valence-electron chi connectivity index (χ2n) is 4.17. The van der Waals surface area contributed by atoms with E-state index in [2.05, 4.69) is 32.0 Å². The number of halogens is 1. The van der Waals surface area contributed by atoms with Crippen LogP contribution in [0.15, 0.2) is 18.2 Å². The summed E-state index contributed by atoms with van der Waals surface area (Å²) in [4.78, 5) is 0. The van der Waals surface area contributed by atoms with Crippen molar-refractivity contribution in [1.82, 2.24) is 0 Å². The Bertz CT molecular complexity index is 298. The maximum absolute atomic E-state index is 6.20. The van der Waals surface area contributed by atoms with Crippen LogP contribution in [0.3, 0.4) is 0 Å². The van der Waals surface area contributed by atoms with E-state index in [0.717, 1.165) is 5.92 Å². The zero-order valence-corrected chi connectivity index (χ0v) is 9.60. The van der Waals surface area contributed by atoms with Crippen LogP contribution in [0.5, 0.6) is 0 Å². The first-order chi connectivity index (χ1) is 6.20. The average molecular weight is 212 g/mol. The molecule has 1 aliphatic rings. The van der Waals surface area contributed by atoms with E-state index in [1.54, 1.807) is 0 Å². The van der Waals surface area contributed by atoms with Crippen LogP contribution in [0.4, 0.5) is 0 Å². The summed E-state index contributed by atoms with van der Waals surface area (Å²) < 4.78 is 0. The Balaban J connectivity index is 0.000000980. The minimum atomic E-state index is 0. The van der Waals surface area contributed by atoms with Gasteiger partial charge >= 0.3 is 0 Å². The van der Waals surface area contributed by atoms with E-state index in [4.69, 9.17) is 5.73 Å². The molecule has 0 aliphatic heterocycles. The Morgan fingerprint density at radius 3 is 2.14 bits per heavy atom. The van der Waals surface area contributed by atoms with Gasteiger partial charge in [-0.05, 0) is 49.3 Å². The lowest BCUT2D eigenvalue weighted by molar-refractivity contribution is 0.626. The standard InChI is InChI=1S/C12H17N.ClH/c1-8-4-3-5-9(2)11(8)12(13)10-6-7-10;/h3-5,10,12H,6-7,13H2,1-2H3;1H/t12-;/m1./s1. The number of rotatable bonds is 2. The van der Waals surface area contributed by atoms with Crippen LogP contribution >= 0.6 is 12.4 Å². The van der Waals surface area contributed by atoms with Gasteiger partial charge in [0.2, 0.25) is 0 Å². The average Bonchev–Trinajstić information content (AvgIpc) is 2.85. The maximum atomic E-state index is 6.20. The Labute approximate surface area is 92.1 Å². The minimum absolute atomic E-state index is 0. The molecule has 0 unspecified atom stereocenters. The Hall–Kier alpha value is -0.530. The van der Waals surface area contributed by atoms with E-state index >= 15 is 0 Å². The third kappa shape index (κ3) is 2.10. The van der Waals surface area contributed by atoms with E-state index in [0.29, 0.717) is 0 Å². The summed E-state index contributed by atoms with van der Waals surface area (Å²) in [6, 6.07) is 6.70. The summed E-state index contributed by atoms with van der Waals surface area (Å²) in [5, 5.41) is 0. The van der Waals surface area contributed by atoms with E-state index in [1.807, 2.05) is 0 Å². The zero-order valence-electron chi connectivity index (χ0n) is 8.79. The van der Waals surface area contributed by atoms with E-state index < -0.39 is 0 Å². The van der Waals surface area contributed by atoms with Crippen molar-refractivity contribution in [2.75, 3.05) is 0 Å². The highest BCUT2D eigenvalue weighted by atomic mass is 35.5. The summed E-state index contributed by atoms with van der Waals surface area (Å²) in [6.45, 7) is 4.31. The van der Waals surface area contributed by atoms with E-state index in [-0.39, 0.29) is 18.4 Å². The quantitative estimate of drug-likeness (QED) is 0.799. The van der Waals surface area contributed by atoms with Gasteiger partial charge in [-0.3, -0.25) is 0 Å². The summed E-state index contributed by atoms with van der Waals surface area (Å²) in [6.07, 6.45) is 2.63. The number of nitrogens with two attached hydrogens (primary N) is 1. The first kappa shape index (κ1) is 11.5. The molecule has 0 saturated heterocycles. The van der Waals surface area contributed by atoms with Crippen LogP contribution in [-0.2, 0) is 0 Å². The lowest BCUT2D eigenvalue weighted by Gasteiger charge is -2.16. The van der Waals surface area contributed by atoms with Crippen molar-refractivity contribution in [2.45, 2.75) is 32.7 Å². The Morgan fingerprint density at radius 2 is 1.71 bits per heavy atom. The molecular formula is C12H18ClN. The molecular weight excluding hydrogens is 194 g/mol. The van der Waals surface area contributed by atoms with Gasteiger partial charge < -0.3 is 5.73 Å². The lowest BCUT2D eigenvalue weighted by Crippen LogP contribution is -2.15. The third-order valence-corrected chi connectivity index (χ3v) is 3.01. The Kier molecular flexibility index (Phi) is 3.57. The molecule has 1 aromatic carbocycles. The highest BCUT2D eigenvalue weighted by molar-refractivity contribution is 5.85. The van der Waals surface area contributed by atoms with Crippen LogP contribution in [0.2, 0.25) is 0 Å². The second-order valence-corrected chi connectivity index (χ2v) is 4.17. The molecule has 0 spiro atoms. The van der Waals surface area contributed by atoms with Crippen molar-refractivity contribution in [3.8, 4) is 0 Å². The molecule has 1 fully saturated rings. The molecule has 0 aromatic heterocycles. The van der Waals surface area contributed by atoms with Crippen LogP contribution in [0, 0.1) is 19.8 Å².